The van der Waals surface area contributed by atoms with Crippen molar-refractivity contribution in [1.82, 2.24) is 4.90 Å². The van der Waals surface area contributed by atoms with Gasteiger partial charge in [0.2, 0.25) is 5.91 Å². The van der Waals surface area contributed by atoms with Crippen LogP contribution in [0, 0.1) is 5.92 Å². The highest BCUT2D eigenvalue weighted by Crippen LogP contribution is 2.26. The molecule has 1 amide bonds. The van der Waals surface area contributed by atoms with Crippen molar-refractivity contribution in [2.24, 2.45) is 5.92 Å². The molecule has 80 valence electrons. The van der Waals surface area contributed by atoms with Gasteiger partial charge in [0.05, 0.1) is 18.1 Å². The van der Waals surface area contributed by atoms with Gasteiger partial charge in [0, 0.05) is 19.7 Å². The maximum absolute atomic E-state index is 11.9. The van der Waals surface area contributed by atoms with E-state index in [1.54, 1.807) is 4.90 Å². The Morgan fingerprint density at radius 1 is 1.57 bits per heavy atom. The Labute approximate surface area is 83.8 Å². The van der Waals surface area contributed by atoms with Crippen LogP contribution in [0.15, 0.2) is 0 Å². The SMILES string of the molecule is CCC1OCCC1C(=O)N1CC(O)C1. The number of ether oxygens (including phenoxy) is 1. The van der Waals surface area contributed by atoms with Gasteiger partial charge >= 0.3 is 0 Å². The van der Waals surface area contributed by atoms with Crippen LogP contribution >= 0.6 is 0 Å². The van der Waals surface area contributed by atoms with Gasteiger partial charge in [-0.15, -0.1) is 0 Å². The molecule has 2 fully saturated rings. The highest BCUT2D eigenvalue weighted by atomic mass is 16.5. The molecule has 2 saturated heterocycles. The van der Waals surface area contributed by atoms with Gasteiger partial charge in [-0.3, -0.25) is 4.79 Å². The first-order chi connectivity index (χ1) is 6.72. The summed E-state index contributed by atoms with van der Waals surface area (Å²) < 4.78 is 5.47. The van der Waals surface area contributed by atoms with Gasteiger partial charge < -0.3 is 14.7 Å². The summed E-state index contributed by atoms with van der Waals surface area (Å²) in [6, 6.07) is 0. The Bertz CT molecular complexity index is 225. The predicted octanol–water partition coefficient (Wildman–Crippen LogP) is 0.00460. The topological polar surface area (TPSA) is 49.8 Å². The normalized spacial score (nSPS) is 33.1. The van der Waals surface area contributed by atoms with Crippen molar-refractivity contribution in [3.8, 4) is 0 Å². The summed E-state index contributed by atoms with van der Waals surface area (Å²) in [5.74, 6) is 0.201. The Hall–Kier alpha value is -0.610. The second kappa shape index (κ2) is 3.87. The van der Waals surface area contributed by atoms with Gasteiger partial charge in [-0.1, -0.05) is 6.92 Å². The molecule has 2 aliphatic heterocycles. The van der Waals surface area contributed by atoms with Crippen LogP contribution in [0.5, 0.6) is 0 Å². The van der Waals surface area contributed by atoms with Crippen molar-refractivity contribution in [3.63, 3.8) is 0 Å². The summed E-state index contributed by atoms with van der Waals surface area (Å²) in [5.41, 5.74) is 0. The Balaban J connectivity index is 1.90. The zero-order valence-corrected chi connectivity index (χ0v) is 8.48. The number of hydrogen-bond donors (Lipinski definition) is 1. The molecule has 0 aromatic carbocycles. The molecule has 2 atom stereocenters. The Kier molecular flexibility index (Phi) is 2.74. The molecular weight excluding hydrogens is 182 g/mol. The van der Waals surface area contributed by atoms with E-state index in [-0.39, 0.29) is 24.0 Å². The second-order valence-corrected chi connectivity index (χ2v) is 4.11. The lowest BCUT2D eigenvalue weighted by Gasteiger charge is -2.38. The van der Waals surface area contributed by atoms with Crippen LogP contribution in [0.3, 0.4) is 0 Å². The molecule has 0 radical (unpaired) electrons. The van der Waals surface area contributed by atoms with Crippen LogP contribution in [0.1, 0.15) is 19.8 Å². The van der Waals surface area contributed by atoms with E-state index >= 15 is 0 Å². The third-order valence-corrected chi connectivity index (χ3v) is 3.10. The lowest BCUT2D eigenvalue weighted by Crippen LogP contribution is -2.56. The van der Waals surface area contributed by atoms with E-state index in [2.05, 4.69) is 0 Å². The highest BCUT2D eigenvalue weighted by Gasteiger charge is 2.39. The van der Waals surface area contributed by atoms with Crippen molar-refractivity contribution < 1.29 is 14.6 Å². The van der Waals surface area contributed by atoms with Gasteiger partial charge in [-0.2, -0.15) is 0 Å². The monoisotopic (exact) mass is 199 g/mol. The van der Waals surface area contributed by atoms with E-state index in [9.17, 15) is 4.79 Å². The van der Waals surface area contributed by atoms with Crippen molar-refractivity contribution in [1.29, 1.82) is 0 Å². The number of aliphatic hydroxyl groups excluding tert-OH is 1. The quantitative estimate of drug-likeness (QED) is 0.681. The molecule has 2 aliphatic rings. The van der Waals surface area contributed by atoms with Gasteiger partial charge in [0.15, 0.2) is 0 Å². The van der Waals surface area contributed by atoms with E-state index in [1.165, 1.54) is 0 Å². The van der Waals surface area contributed by atoms with Gasteiger partial charge in [-0.25, -0.2) is 0 Å². The zero-order valence-electron chi connectivity index (χ0n) is 8.48. The Morgan fingerprint density at radius 3 is 2.86 bits per heavy atom. The summed E-state index contributed by atoms with van der Waals surface area (Å²) in [7, 11) is 0. The van der Waals surface area contributed by atoms with Crippen LogP contribution in [0.2, 0.25) is 0 Å². The molecule has 0 aromatic heterocycles. The number of hydrogen-bond acceptors (Lipinski definition) is 3. The molecule has 2 rings (SSSR count). The van der Waals surface area contributed by atoms with Crippen molar-refractivity contribution >= 4 is 5.91 Å². The summed E-state index contributed by atoms with van der Waals surface area (Å²) in [5, 5.41) is 9.11. The molecular formula is C10H17NO3. The highest BCUT2D eigenvalue weighted by molar-refractivity contribution is 5.80. The number of β-amino-alcohol motifs (C(OH)–C–C–N with tert-alkyl or cyclic N) is 1. The number of carbonyl (C=O) groups excluding carboxylic acids is 1. The van der Waals surface area contributed by atoms with Gasteiger partial charge in [-0.05, 0) is 12.8 Å². The van der Waals surface area contributed by atoms with Crippen molar-refractivity contribution in [3.05, 3.63) is 0 Å². The minimum atomic E-state index is -0.304. The average Bonchev–Trinajstić information content (AvgIpc) is 2.59. The predicted molar refractivity (Wildman–Crippen MR) is 50.7 cm³/mol. The van der Waals surface area contributed by atoms with Gasteiger partial charge in [0.1, 0.15) is 0 Å². The number of amides is 1. The van der Waals surface area contributed by atoms with E-state index in [1.807, 2.05) is 6.92 Å². The van der Waals surface area contributed by atoms with Crippen molar-refractivity contribution in [2.75, 3.05) is 19.7 Å². The zero-order chi connectivity index (χ0) is 10.1. The molecule has 0 spiro atoms. The number of rotatable bonds is 2. The first-order valence-corrected chi connectivity index (χ1v) is 5.30. The first kappa shape index (κ1) is 9.93. The fourth-order valence-corrected chi connectivity index (χ4v) is 2.20. The largest absolute Gasteiger partial charge is 0.389 e. The van der Waals surface area contributed by atoms with E-state index in [4.69, 9.17) is 9.84 Å². The first-order valence-electron chi connectivity index (χ1n) is 5.30. The van der Waals surface area contributed by atoms with Crippen LogP contribution in [-0.4, -0.2) is 47.8 Å². The van der Waals surface area contributed by atoms with Gasteiger partial charge in [0.25, 0.3) is 0 Å². The number of aliphatic hydroxyl groups is 1. The average molecular weight is 199 g/mol. The molecule has 0 aromatic rings. The van der Waals surface area contributed by atoms with Crippen molar-refractivity contribution in [2.45, 2.75) is 32.0 Å². The summed E-state index contributed by atoms with van der Waals surface area (Å²) in [4.78, 5) is 13.6. The number of likely N-dealkylation sites (tertiary alicyclic amines) is 1. The maximum atomic E-state index is 11.9. The summed E-state index contributed by atoms with van der Waals surface area (Å²) in [6.07, 6.45) is 1.53. The summed E-state index contributed by atoms with van der Waals surface area (Å²) in [6.45, 7) is 3.75. The smallest absolute Gasteiger partial charge is 0.228 e. The molecule has 0 aliphatic carbocycles. The molecule has 2 heterocycles. The van der Waals surface area contributed by atoms with E-state index in [0.29, 0.717) is 19.7 Å². The third kappa shape index (κ3) is 1.64. The standard InChI is InChI=1S/C10H17NO3/c1-2-9-8(3-4-14-9)10(13)11-5-7(12)6-11/h7-9,12H,2-6H2,1H3. The number of nitrogens with zero attached hydrogens (tertiary/aromatic N) is 1. The summed E-state index contributed by atoms with van der Waals surface area (Å²) >= 11 is 0. The molecule has 2 unspecified atom stereocenters. The molecule has 0 bridgehead atoms. The second-order valence-electron chi connectivity index (χ2n) is 4.11. The lowest BCUT2D eigenvalue weighted by molar-refractivity contribution is -0.147. The molecule has 14 heavy (non-hydrogen) atoms. The maximum Gasteiger partial charge on any atom is 0.228 e. The molecule has 0 saturated carbocycles. The number of carbonyl (C=O) groups is 1. The minimum absolute atomic E-state index is 0.0347. The van der Waals surface area contributed by atoms with Crippen LogP contribution in [-0.2, 0) is 9.53 Å². The van der Waals surface area contributed by atoms with Crippen LogP contribution < -0.4 is 0 Å². The molecule has 1 N–H and O–H groups in total. The fraction of sp³-hybridized carbons (Fsp3) is 0.900. The van der Waals surface area contributed by atoms with E-state index in [0.717, 1.165) is 12.8 Å². The third-order valence-electron chi connectivity index (χ3n) is 3.10. The Morgan fingerprint density at radius 2 is 2.29 bits per heavy atom. The van der Waals surface area contributed by atoms with Crippen LogP contribution in [0.4, 0.5) is 0 Å². The molecule has 4 heteroatoms. The minimum Gasteiger partial charge on any atom is -0.389 e. The molecule has 4 nitrogen and oxygen atoms in total. The lowest BCUT2D eigenvalue weighted by atomic mass is 9.96. The fourth-order valence-electron chi connectivity index (χ4n) is 2.20. The van der Waals surface area contributed by atoms with Crippen LogP contribution in [0.25, 0.3) is 0 Å². The van der Waals surface area contributed by atoms with E-state index < -0.39 is 0 Å².